The van der Waals surface area contributed by atoms with Gasteiger partial charge in [-0.15, -0.1) is 0 Å². The van der Waals surface area contributed by atoms with E-state index in [1.807, 2.05) is 38.1 Å². The Balaban J connectivity index is 2.03. The molecule has 0 aliphatic rings. The molecular weight excluding hydrogens is 324 g/mol. The van der Waals surface area contributed by atoms with Crippen LogP contribution in [0, 0.1) is 13.8 Å². The van der Waals surface area contributed by atoms with E-state index < -0.39 is 0 Å². The van der Waals surface area contributed by atoms with Crippen molar-refractivity contribution in [1.82, 2.24) is 5.32 Å². The molecule has 0 bridgehead atoms. The van der Waals surface area contributed by atoms with Crippen LogP contribution in [-0.4, -0.2) is 24.9 Å². The maximum Gasteiger partial charge on any atom is 0.251 e. The fourth-order valence-corrected chi connectivity index (χ4v) is 2.66. The smallest absolute Gasteiger partial charge is 0.251 e. The summed E-state index contributed by atoms with van der Waals surface area (Å²) in [5, 5.41) is 3.42. The minimum absolute atomic E-state index is 0.0924. The first kappa shape index (κ1) is 18.0. The fraction of sp³-hybridized carbons (Fsp3) is 0.263. The zero-order chi connectivity index (χ0) is 17.7. The average Bonchev–Trinajstić information content (AvgIpc) is 2.53. The summed E-state index contributed by atoms with van der Waals surface area (Å²) in [4.78, 5) is 25.8. The summed E-state index contributed by atoms with van der Waals surface area (Å²) >= 11 is 6.04. The molecule has 2 aromatic carbocycles. The van der Waals surface area contributed by atoms with Gasteiger partial charge in [-0.25, -0.2) is 0 Å². The van der Waals surface area contributed by atoms with Gasteiger partial charge in [0.2, 0.25) is 5.91 Å². The van der Waals surface area contributed by atoms with E-state index in [2.05, 4.69) is 5.32 Å². The number of nitrogens with one attached hydrogen (secondary N) is 1. The van der Waals surface area contributed by atoms with Gasteiger partial charge in [0.25, 0.3) is 5.91 Å². The van der Waals surface area contributed by atoms with Crippen molar-refractivity contribution in [3.8, 4) is 0 Å². The maximum atomic E-state index is 12.2. The molecule has 0 heterocycles. The number of carbonyl (C=O) groups is 2. The second-order valence-electron chi connectivity index (χ2n) is 5.73. The van der Waals surface area contributed by atoms with Crippen LogP contribution < -0.4 is 10.2 Å². The molecule has 0 aliphatic carbocycles. The van der Waals surface area contributed by atoms with Gasteiger partial charge in [0.1, 0.15) is 0 Å². The Morgan fingerprint density at radius 1 is 1.12 bits per heavy atom. The molecule has 2 rings (SSSR count). The molecule has 4 nitrogen and oxygen atoms in total. The largest absolute Gasteiger partial charge is 0.350 e. The highest BCUT2D eigenvalue weighted by Crippen LogP contribution is 2.24. The molecule has 0 spiro atoms. The topological polar surface area (TPSA) is 49.4 Å². The quantitative estimate of drug-likeness (QED) is 0.898. The summed E-state index contributed by atoms with van der Waals surface area (Å²) < 4.78 is 0. The van der Waals surface area contributed by atoms with Gasteiger partial charge in [0.05, 0.1) is 0 Å². The third-order valence-electron chi connectivity index (χ3n) is 3.74. The van der Waals surface area contributed by atoms with Gasteiger partial charge >= 0.3 is 0 Å². The summed E-state index contributed by atoms with van der Waals surface area (Å²) in [6.45, 7) is 6.11. The van der Waals surface area contributed by atoms with E-state index in [9.17, 15) is 9.59 Å². The molecule has 126 valence electrons. The van der Waals surface area contributed by atoms with Gasteiger partial charge in [-0.2, -0.15) is 0 Å². The molecule has 0 saturated carbocycles. The lowest BCUT2D eigenvalue weighted by Crippen LogP contribution is -2.38. The van der Waals surface area contributed by atoms with Crippen molar-refractivity contribution in [2.75, 3.05) is 18.0 Å². The first-order valence-electron chi connectivity index (χ1n) is 7.77. The lowest BCUT2D eigenvalue weighted by Gasteiger charge is -2.23. The van der Waals surface area contributed by atoms with Crippen LogP contribution in [0.3, 0.4) is 0 Å². The first-order chi connectivity index (χ1) is 11.4. The molecule has 24 heavy (non-hydrogen) atoms. The molecule has 0 atom stereocenters. The van der Waals surface area contributed by atoms with E-state index in [-0.39, 0.29) is 11.8 Å². The van der Waals surface area contributed by atoms with Gasteiger partial charge in [-0.05, 0) is 43.7 Å². The third-order valence-corrected chi connectivity index (χ3v) is 3.98. The SMILES string of the molecule is CC(=O)N(CCNC(=O)c1cccc(C)c1)c1cc(Cl)ccc1C. The fourth-order valence-electron chi connectivity index (χ4n) is 2.49. The summed E-state index contributed by atoms with van der Waals surface area (Å²) in [5.74, 6) is -0.241. The molecule has 5 heteroatoms. The number of carbonyl (C=O) groups excluding carboxylic acids is 2. The molecule has 2 amide bonds. The van der Waals surface area contributed by atoms with Crippen molar-refractivity contribution in [3.05, 3.63) is 64.2 Å². The van der Waals surface area contributed by atoms with Crippen molar-refractivity contribution in [3.63, 3.8) is 0 Å². The molecule has 2 aromatic rings. The molecule has 0 aliphatic heterocycles. The van der Waals surface area contributed by atoms with E-state index in [4.69, 9.17) is 11.6 Å². The Hall–Kier alpha value is -2.33. The highest BCUT2D eigenvalue weighted by atomic mass is 35.5. The lowest BCUT2D eigenvalue weighted by atomic mass is 10.1. The van der Waals surface area contributed by atoms with Crippen molar-refractivity contribution in [1.29, 1.82) is 0 Å². The van der Waals surface area contributed by atoms with Crippen LogP contribution in [0.4, 0.5) is 5.69 Å². The Morgan fingerprint density at radius 2 is 1.88 bits per heavy atom. The second kappa shape index (κ2) is 7.97. The monoisotopic (exact) mass is 344 g/mol. The number of halogens is 1. The van der Waals surface area contributed by atoms with Crippen molar-refractivity contribution in [2.24, 2.45) is 0 Å². The molecule has 0 fully saturated rings. The number of anilines is 1. The maximum absolute atomic E-state index is 12.2. The number of aryl methyl sites for hydroxylation is 2. The van der Waals surface area contributed by atoms with Gasteiger partial charge in [-0.3, -0.25) is 9.59 Å². The minimum Gasteiger partial charge on any atom is -0.350 e. The molecule has 0 saturated heterocycles. The van der Waals surface area contributed by atoms with Crippen LogP contribution in [0.2, 0.25) is 5.02 Å². The van der Waals surface area contributed by atoms with Gasteiger partial charge in [0, 0.05) is 36.3 Å². The zero-order valence-corrected chi connectivity index (χ0v) is 14.9. The van der Waals surface area contributed by atoms with Crippen LogP contribution in [0.5, 0.6) is 0 Å². The highest BCUT2D eigenvalue weighted by molar-refractivity contribution is 6.31. The number of hydrogen-bond donors (Lipinski definition) is 1. The average molecular weight is 345 g/mol. The zero-order valence-electron chi connectivity index (χ0n) is 14.1. The standard InChI is InChI=1S/C19H21ClN2O2/c1-13-5-4-6-16(11-13)19(24)21-9-10-22(15(3)23)18-12-17(20)8-7-14(18)2/h4-8,11-12H,9-10H2,1-3H3,(H,21,24). The molecule has 0 unspecified atom stereocenters. The Kier molecular flexibility index (Phi) is 5.99. The number of nitrogens with zero attached hydrogens (tertiary/aromatic N) is 1. The third kappa shape index (κ3) is 4.59. The van der Waals surface area contributed by atoms with Crippen LogP contribution >= 0.6 is 11.6 Å². The van der Waals surface area contributed by atoms with Gasteiger partial charge < -0.3 is 10.2 Å². The summed E-state index contributed by atoms with van der Waals surface area (Å²) in [6, 6.07) is 12.8. The molecule has 1 N–H and O–H groups in total. The molecule has 0 radical (unpaired) electrons. The summed E-state index contributed by atoms with van der Waals surface area (Å²) in [7, 11) is 0. The number of amides is 2. The summed E-state index contributed by atoms with van der Waals surface area (Å²) in [5.41, 5.74) is 3.37. The predicted octanol–water partition coefficient (Wildman–Crippen LogP) is 3.74. The Morgan fingerprint density at radius 3 is 2.54 bits per heavy atom. The van der Waals surface area contributed by atoms with E-state index in [1.54, 1.807) is 23.1 Å². The molecular formula is C19H21ClN2O2. The minimum atomic E-state index is -0.148. The van der Waals surface area contributed by atoms with Crippen LogP contribution in [-0.2, 0) is 4.79 Å². The van der Waals surface area contributed by atoms with Crippen molar-refractivity contribution >= 4 is 29.1 Å². The van der Waals surface area contributed by atoms with Gasteiger partial charge in [-0.1, -0.05) is 35.4 Å². The van der Waals surface area contributed by atoms with Crippen molar-refractivity contribution in [2.45, 2.75) is 20.8 Å². The Labute approximate surface area is 147 Å². The first-order valence-corrected chi connectivity index (χ1v) is 8.15. The highest BCUT2D eigenvalue weighted by Gasteiger charge is 2.15. The Bertz CT molecular complexity index is 759. The van der Waals surface area contributed by atoms with E-state index in [0.29, 0.717) is 23.7 Å². The number of hydrogen-bond acceptors (Lipinski definition) is 2. The van der Waals surface area contributed by atoms with Crippen LogP contribution in [0.1, 0.15) is 28.4 Å². The number of benzene rings is 2. The second-order valence-corrected chi connectivity index (χ2v) is 6.16. The van der Waals surface area contributed by atoms with E-state index in [0.717, 1.165) is 16.8 Å². The van der Waals surface area contributed by atoms with E-state index in [1.165, 1.54) is 6.92 Å². The number of rotatable bonds is 5. The van der Waals surface area contributed by atoms with Crippen molar-refractivity contribution < 1.29 is 9.59 Å². The van der Waals surface area contributed by atoms with Crippen LogP contribution in [0.15, 0.2) is 42.5 Å². The normalized spacial score (nSPS) is 10.3. The van der Waals surface area contributed by atoms with E-state index >= 15 is 0 Å². The molecule has 0 aromatic heterocycles. The van der Waals surface area contributed by atoms with Crippen LogP contribution in [0.25, 0.3) is 0 Å². The van der Waals surface area contributed by atoms with Gasteiger partial charge in [0.15, 0.2) is 0 Å². The summed E-state index contributed by atoms with van der Waals surface area (Å²) in [6.07, 6.45) is 0. The lowest BCUT2D eigenvalue weighted by molar-refractivity contribution is -0.116. The predicted molar refractivity (Wildman–Crippen MR) is 97.7 cm³/mol.